The predicted octanol–water partition coefficient (Wildman–Crippen LogP) is 5.23. The van der Waals surface area contributed by atoms with Gasteiger partial charge in [0.15, 0.2) is 11.9 Å². The van der Waals surface area contributed by atoms with Crippen LogP contribution in [0.4, 0.5) is 11.4 Å². The van der Waals surface area contributed by atoms with Gasteiger partial charge in [0.05, 0.1) is 4.92 Å². The normalized spacial score (nSPS) is 14.6. The van der Waals surface area contributed by atoms with Crippen LogP contribution in [0.15, 0.2) is 53.7 Å². The van der Waals surface area contributed by atoms with Crippen LogP contribution in [0, 0.1) is 10.1 Å². The Morgan fingerprint density at radius 1 is 1.17 bits per heavy atom. The lowest BCUT2D eigenvalue weighted by molar-refractivity contribution is -0.385. The van der Waals surface area contributed by atoms with Crippen molar-refractivity contribution in [2.24, 2.45) is 0 Å². The van der Waals surface area contributed by atoms with E-state index < -0.39 is 11.2 Å². The number of thioether (sulfide) groups is 1. The average molecular weight is 423 g/mol. The highest BCUT2D eigenvalue weighted by atomic mass is 32.2. The van der Waals surface area contributed by atoms with E-state index in [2.05, 4.69) is 27.4 Å². The Morgan fingerprint density at radius 3 is 2.87 bits per heavy atom. The lowest BCUT2D eigenvalue weighted by Crippen LogP contribution is -2.17. The van der Waals surface area contributed by atoms with Gasteiger partial charge in [-0.25, -0.2) is 0 Å². The molecule has 1 aliphatic rings. The second kappa shape index (κ2) is 9.08. The van der Waals surface area contributed by atoms with Crippen molar-refractivity contribution in [3.8, 4) is 17.1 Å². The summed E-state index contributed by atoms with van der Waals surface area (Å²) >= 11 is 1.55. The van der Waals surface area contributed by atoms with E-state index in [1.54, 1.807) is 23.9 Å². The number of rotatable bonds is 7. The van der Waals surface area contributed by atoms with Gasteiger partial charge >= 0.3 is 0 Å². The fraction of sp³-hybridized carbons (Fsp3) is 0.286. The monoisotopic (exact) mass is 423 g/mol. The first kappa shape index (κ1) is 20.1. The van der Waals surface area contributed by atoms with E-state index in [0.717, 1.165) is 36.3 Å². The van der Waals surface area contributed by atoms with E-state index in [1.807, 2.05) is 24.3 Å². The van der Waals surface area contributed by atoms with E-state index in [0.29, 0.717) is 22.3 Å². The van der Waals surface area contributed by atoms with E-state index in [1.165, 1.54) is 12.1 Å². The van der Waals surface area contributed by atoms with Crippen molar-refractivity contribution >= 4 is 23.1 Å². The van der Waals surface area contributed by atoms with Crippen LogP contribution < -0.4 is 10.1 Å². The molecule has 0 amide bonds. The molecule has 0 radical (unpaired) electrons. The minimum absolute atomic E-state index is 0.00337. The quantitative estimate of drug-likeness (QED) is 0.238. The molecule has 2 aromatic carbocycles. The molecule has 1 unspecified atom stereocenters. The fourth-order valence-electron chi connectivity index (χ4n) is 3.18. The number of nitrogens with one attached hydrogen (secondary N) is 1. The second-order valence-electron chi connectivity index (χ2n) is 6.84. The minimum atomic E-state index is -0.651. The van der Waals surface area contributed by atoms with Gasteiger partial charge < -0.3 is 10.1 Å². The standard InChI is InChI=1S/C21H21N5O3S/c1-2-3-6-12-30-21-23-20-18(24-25-21)16-10-4-5-11-17(16)22-19(29-20)14-8-7-9-15(13-14)26(27)28/h4-5,7-11,13,19,22H,2-3,6,12H2,1H3. The molecule has 30 heavy (non-hydrogen) atoms. The largest absolute Gasteiger partial charge is 0.448 e. The Labute approximate surface area is 178 Å². The number of nitrogens with zero attached hydrogens (tertiary/aromatic N) is 4. The van der Waals surface area contributed by atoms with Gasteiger partial charge in [-0.1, -0.05) is 61.9 Å². The third kappa shape index (κ3) is 4.35. The predicted molar refractivity (Wildman–Crippen MR) is 116 cm³/mol. The Bertz CT molecular complexity index is 1060. The summed E-state index contributed by atoms with van der Waals surface area (Å²) in [5.74, 6) is 1.27. The molecule has 0 bridgehead atoms. The molecule has 1 atom stereocenters. The van der Waals surface area contributed by atoms with Crippen LogP contribution in [-0.2, 0) is 0 Å². The van der Waals surface area contributed by atoms with Crippen molar-refractivity contribution in [1.82, 2.24) is 15.2 Å². The highest BCUT2D eigenvalue weighted by molar-refractivity contribution is 7.99. The molecule has 1 aromatic heterocycles. The molecule has 4 rings (SSSR count). The van der Waals surface area contributed by atoms with Gasteiger partial charge in [0.25, 0.3) is 5.69 Å². The van der Waals surface area contributed by atoms with Crippen LogP contribution in [0.5, 0.6) is 5.88 Å². The zero-order chi connectivity index (χ0) is 20.9. The molecular weight excluding hydrogens is 402 g/mol. The number of para-hydroxylation sites is 1. The molecule has 154 valence electrons. The van der Waals surface area contributed by atoms with Crippen LogP contribution in [0.3, 0.4) is 0 Å². The molecule has 1 aliphatic heterocycles. The maximum atomic E-state index is 11.2. The molecule has 0 fully saturated rings. The molecule has 8 nitrogen and oxygen atoms in total. The highest BCUT2D eigenvalue weighted by Crippen LogP contribution is 2.39. The Balaban J connectivity index is 1.70. The lowest BCUT2D eigenvalue weighted by atomic mass is 10.1. The maximum absolute atomic E-state index is 11.2. The Kier molecular flexibility index (Phi) is 6.08. The summed E-state index contributed by atoms with van der Waals surface area (Å²) in [6.07, 6.45) is 2.75. The van der Waals surface area contributed by atoms with Crippen molar-refractivity contribution in [2.45, 2.75) is 37.6 Å². The van der Waals surface area contributed by atoms with Crippen LogP contribution >= 0.6 is 11.8 Å². The van der Waals surface area contributed by atoms with Crippen molar-refractivity contribution in [1.29, 1.82) is 0 Å². The summed E-state index contributed by atoms with van der Waals surface area (Å²) in [7, 11) is 0. The van der Waals surface area contributed by atoms with Crippen LogP contribution in [0.1, 0.15) is 38.0 Å². The van der Waals surface area contributed by atoms with Gasteiger partial charge in [0.2, 0.25) is 11.0 Å². The summed E-state index contributed by atoms with van der Waals surface area (Å²) in [6, 6.07) is 14.0. The van der Waals surface area contributed by atoms with Gasteiger partial charge in [0.1, 0.15) is 0 Å². The van der Waals surface area contributed by atoms with Gasteiger partial charge in [-0.3, -0.25) is 10.1 Å². The molecule has 2 heterocycles. The first-order valence-corrected chi connectivity index (χ1v) is 10.8. The number of hydrogen-bond donors (Lipinski definition) is 1. The van der Waals surface area contributed by atoms with Crippen molar-refractivity contribution in [3.05, 3.63) is 64.2 Å². The van der Waals surface area contributed by atoms with Crippen LogP contribution in [-0.4, -0.2) is 25.9 Å². The maximum Gasteiger partial charge on any atom is 0.269 e. The second-order valence-corrected chi connectivity index (χ2v) is 7.91. The first-order valence-electron chi connectivity index (χ1n) is 9.80. The number of fused-ring (bicyclic) bond motifs is 3. The molecule has 3 aromatic rings. The molecule has 0 saturated heterocycles. The topological polar surface area (TPSA) is 103 Å². The summed E-state index contributed by atoms with van der Waals surface area (Å²) in [5.41, 5.74) is 2.80. The summed E-state index contributed by atoms with van der Waals surface area (Å²) < 4.78 is 6.17. The third-order valence-corrected chi connectivity index (χ3v) is 5.62. The van der Waals surface area contributed by atoms with Crippen molar-refractivity contribution in [3.63, 3.8) is 0 Å². The molecule has 1 N–H and O–H groups in total. The van der Waals surface area contributed by atoms with E-state index >= 15 is 0 Å². The number of hydrogen-bond acceptors (Lipinski definition) is 8. The van der Waals surface area contributed by atoms with Crippen LogP contribution in [0.25, 0.3) is 11.3 Å². The molecule has 9 heteroatoms. The van der Waals surface area contributed by atoms with Gasteiger partial charge in [-0.2, -0.15) is 4.98 Å². The number of aromatic nitrogens is 3. The van der Waals surface area contributed by atoms with E-state index in [4.69, 9.17) is 4.74 Å². The smallest absolute Gasteiger partial charge is 0.269 e. The highest BCUT2D eigenvalue weighted by Gasteiger charge is 2.26. The lowest BCUT2D eigenvalue weighted by Gasteiger charge is -2.19. The van der Waals surface area contributed by atoms with Crippen molar-refractivity contribution < 1.29 is 9.66 Å². The summed E-state index contributed by atoms with van der Waals surface area (Å²) in [5, 5.41) is 23.7. The number of nitro benzene ring substituents is 1. The molecular formula is C21H21N5O3S. The average Bonchev–Trinajstić information content (AvgIpc) is 2.93. The third-order valence-electron chi connectivity index (χ3n) is 4.70. The van der Waals surface area contributed by atoms with Gasteiger partial charge in [-0.05, 0) is 12.5 Å². The summed E-state index contributed by atoms with van der Waals surface area (Å²) in [4.78, 5) is 15.4. The summed E-state index contributed by atoms with van der Waals surface area (Å²) in [6.45, 7) is 2.16. The zero-order valence-electron chi connectivity index (χ0n) is 16.4. The number of non-ortho nitro benzene ring substituents is 1. The molecule has 0 aliphatic carbocycles. The molecule has 0 spiro atoms. The minimum Gasteiger partial charge on any atom is -0.448 e. The Hall–Kier alpha value is -3.20. The number of benzene rings is 2. The zero-order valence-corrected chi connectivity index (χ0v) is 17.3. The van der Waals surface area contributed by atoms with E-state index in [9.17, 15) is 10.1 Å². The van der Waals surface area contributed by atoms with Gasteiger partial charge in [-0.15, -0.1) is 10.2 Å². The number of anilines is 1. The number of ether oxygens (including phenoxy) is 1. The molecule has 0 saturated carbocycles. The number of nitro groups is 1. The SMILES string of the molecule is CCCCCSc1nnc2c(n1)OC(c1cccc([N+](=O)[O-])c1)Nc1ccccc1-2. The van der Waals surface area contributed by atoms with Crippen LogP contribution in [0.2, 0.25) is 0 Å². The first-order chi connectivity index (χ1) is 14.7. The van der Waals surface area contributed by atoms with E-state index in [-0.39, 0.29) is 5.69 Å². The Morgan fingerprint density at radius 2 is 2.03 bits per heavy atom. The van der Waals surface area contributed by atoms with Crippen molar-refractivity contribution in [2.75, 3.05) is 11.1 Å². The van der Waals surface area contributed by atoms with Gasteiger partial charge in [0, 0.05) is 34.7 Å². The fourth-order valence-corrected chi connectivity index (χ4v) is 3.95. The number of unbranched alkanes of at least 4 members (excludes halogenated alkanes) is 2.